The van der Waals surface area contributed by atoms with Gasteiger partial charge in [-0.05, 0) is 23.8 Å². The van der Waals surface area contributed by atoms with Crippen molar-refractivity contribution in [3.8, 4) is 22.5 Å². The maximum absolute atomic E-state index is 12.3. The summed E-state index contributed by atoms with van der Waals surface area (Å²) in [6, 6.07) is 18.8. The maximum Gasteiger partial charge on any atom is 0.341 e. The van der Waals surface area contributed by atoms with Gasteiger partial charge in [-0.25, -0.2) is 14.3 Å². The zero-order valence-corrected chi connectivity index (χ0v) is 14.6. The van der Waals surface area contributed by atoms with Crippen molar-refractivity contribution in [3.63, 3.8) is 0 Å². The predicted molar refractivity (Wildman–Crippen MR) is 100 cm³/mol. The van der Waals surface area contributed by atoms with Crippen molar-refractivity contribution in [1.29, 1.82) is 0 Å². The summed E-state index contributed by atoms with van der Waals surface area (Å²) in [5.74, 6) is 0.0284. The van der Waals surface area contributed by atoms with Gasteiger partial charge >= 0.3 is 5.97 Å². The molecule has 0 atom stereocenters. The molecule has 0 spiro atoms. The molecule has 2 aromatic heterocycles. The molecule has 0 radical (unpaired) electrons. The van der Waals surface area contributed by atoms with Crippen molar-refractivity contribution in [2.24, 2.45) is 0 Å². The highest BCUT2D eigenvalue weighted by Crippen LogP contribution is 2.26. The molecule has 0 unspecified atom stereocenters. The van der Waals surface area contributed by atoms with E-state index in [0.29, 0.717) is 22.1 Å². The van der Waals surface area contributed by atoms with Gasteiger partial charge in [-0.3, -0.25) is 0 Å². The quantitative estimate of drug-likeness (QED) is 0.503. The molecular formula is C20H14ClN3O2. The molecule has 0 bridgehead atoms. The number of carbonyl (C=O) groups is 1. The highest BCUT2D eigenvalue weighted by Gasteiger charge is 2.18. The van der Waals surface area contributed by atoms with Crippen LogP contribution in [0.25, 0.3) is 28.2 Å². The fourth-order valence-corrected chi connectivity index (χ4v) is 2.97. The van der Waals surface area contributed by atoms with Crippen molar-refractivity contribution >= 4 is 23.2 Å². The van der Waals surface area contributed by atoms with Crippen molar-refractivity contribution in [2.45, 2.75) is 0 Å². The Hall–Kier alpha value is -3.18. The number of nitrogens with zero attached hydrogens (tertiary/aromatic N) is 3. The van der Waals surface area contributed by atoms with E-state index in [1.54, 1.807) is 22.7 Å². The van der Waals surface area contributed by atoms with Crippen LogP contribution in [0.1, 0.15) is 10.4 Å². The summed E-state index contributed by atoms with van der Waals surface area (Å²) in [6.07, 6.45) is 1.85. The van der Waals surface area contributed by atoms with E-state index in [0.717, 1.165) is 16.7 Å². The Morgan fingerprint density at radius 1 is 1.00 bits per heavy atom. The van der Waals surface area contributed by atoms with E-state index >= 15 is 0 Å². The van der Waals surface area contributed by atoms with Crippen molar-refractivity contribution in [1.82, 2.24) is 14.6 Å². The number of aromatic nitrogens is 3. The zero-order chi connectivity index (χ0) is 18.1. The lowest BCUT2D eigenvalue weighted by molar-refractivity contribution is 0.0602. The first-order valence-corrected chi connectivity index (χ1v) is 8.33. The van der Waals surface area contributed by atoms with Gasteiger partial charge in [0.2, 0.25) is 0 Å². The molecule has 0 aliphatic rings. The van der Waals surface area contributed by atoms with Gasteiger partial charge in [0.25, 0.3) is 0 Å². The summed E-state index contributed by atoms with van der Waals surface area (Å²) in [6.45, 7) is 0. The Labute approximate surface area is 154 Å². The minimum absolute atomic E-state index is 0.356. The average Bonchev–Trinajstić information content (AvgIpc) is 3.11. The second-order valence-corrected chi connectivity index (χ2v) is 6.15. The summed E-state index contributed by atoms with van der Waals surface area (Å²) < 4.78 is 6.53. The van der Waals surface area contributed by atoms with Crippen molar-refractivity contribution in [3.05, 3.63) is 77.4 Å². The largest absolute Gasteiger partial charge is 0.465 e. The van der Waals surface area contributed by atoms with Gasteiger partial charge in [0.15, 0.2) is 11.5 Å². The smallest absolute Gasteiger partial charge is 0.341 e. The third-order valence-electron chi connectivity index (χ3n) is 4.03. The summed E-state index contributed by atoms with van der Waals surface area (Å²) in [5.41, 5.74) is 3.39. The molecule has 4 rings (SSSR count). The zero-order valence-electron chi connectivity index (χ0n) is 13.9. The highest BCUT2D eigenvalue weighted by atomic mass is 35.5. The number of pyridine rings is 1. The number of benzene rings is 2. The van der Waals surface area contributed by atoms with Crippen LogP contribution in [0, 0.1) is 0 Å². The molecule has 0 amide bonds. The number of hydrogen-bond acceptors (Lipinski definition) is 4. The standard InChI is InChI=1S/C20H14ClN3O2/c1-26-20(25)17-11-15(13-6-3-2-4-7-13)12-24-19(17)22-18(23-24)14-8-5-9-16(21)10-14/h2-12H,1H3. The molecule has 0 aliphatic carbocycles. The van der Waals surface area contributed by atoms with Crippen LogP contribution in [0.15, 0.2) is 66.9 Å². The van der Waals surface area contributed by atoms with E-state index in [9.17, 15) is 4.79 Å². The minimum Gasteiger partial charge on any atom is -0.465 e. The van der Waals surface area contributed by atoms with Crippen LogP contribution in [-0.4, -0.2) is 27.7 Å². The molecule has 4 aromatic rings. The Morgan fingerprint density at radius 3 is 2.50 bits per heavy atom. The van der Waals surface area contributed by atoms with E-state index in [-0.39, 0.29) is 0 Å². The normalized spacial score (nSPS) is 10.8. The molecule has 5 nitrogen and oxygen atoms in total. The molecule has 0 saturated carbocycles. The molecular weight excluding hydrogens is 350 g/mol. The van der Waals surface area contributed by atoms with Gasteiger partial charge in [-0.2, -0.15) is 0 Å². The number of ether oxygens (including phenoxy) is 1. The van der Waals surface area contributed by atoms with Gasteiger partial charge < -0.3 is 4.74 Å². The third kappa shape index (κ3) is 2.93. The summed E-state index contributed by atoms with van der Waals surface area (Å²) in [7, 11) is 1.35. The Balaban J connectivity index is 1.94. The first-order chi connectivity index (χ1) is 12.7. The predicted octanol–water partition coefficient (Wildman–Crippen LogP) is 4.50. The van der Waals surface area contributed by atoms with E-state index < -0.39 is 5.97 Å². The van der Waals surface area contributed by atoms with Gasteiger partial charge in [-0.1, -0.05) is 54.1 Å². The lowest BCUT2D eigenvalue weighted by Crippen LogP contribution is -2.05. The number of halogens is 1. The molecule has 0 aliphatic heterocycles. The Bertz CT molecular complexity index is 1110. The molecule has 0 fully saturated rings. The highest BCUT2D eigenvalue weighted by molar-refractivity contribution is 6.30. The molecule has 2 heterocycles. The minimum atomic E-state index is -0.460. The fraction of sp³-hybridized carbons (Fsp3) is 0.0500. The first-order valence-electron chi connectivity index (χ1n) is 7.96. The fourth-order valence-electron chi connectivity index (χ4n) is 2.78. The number of esters is 1. The molecule has 0 N–H and O–H groups in total. The van der Waals surface area contributed by atoms with E-state index in [4.69, 9.17) is 16.3 Å². The molecule has 6 heteroatoms. The van der Waals surface area contributed by atoms with E-state index in [2.05, 4.69) is 10.1 Å². The topological polar surface area (TPSA) is 56.5 Å². The third-order valence-corrected chi connectivity index (χ3v) is 4.26. The van der Waals surface area contributed by atoms with E-state index in [1.807, 2.05) is 48.7 Å². The first kappa shape index (κ1) is 16.3. The summed E-state index contributed by atoms with van der Waals surface area (Å²) in [5, 5.41) is 5.12. The second kappa shape index (κ2) is 6.61. The lowest BCUT2D eigenvalue weighted by atomic mass is 10.1. The summed E-state index contributed by atoms with van der Waals surface area (Å²) in [4.78, 5) is 16.8. The number of fused-ring (bicyclic) bond motifs is 1. The van der Waals surface area contributed by atoms with Crippen LogP contribution in [-0.2, 0) is 4.74 Å². The van der Waals surface area contributed by atoms with Crippen LogP contribution in [0.3, 0.4) is 0 Å². The molecule has 2 aromatic carbocycles. The van der Waals surface area contributed by atoms with E-state index in [1.165, 1.54) is 7.11 Å². The van der Waals surface area contributed by atoms with Gasteiger partial charge in [0, 0.05) is 22.3 Å². The van der Waals surface area contributed by atoms with Crippen LogP contribution in [0.5, 0.6) is 0 Å². The monoisotopic (exact) mass is 363 g/mol. The van der Waals surface area contributed by atoms with Crippen molar-refractivity contribution < 1.29 is 9.53 Å². The Kier molecular flexibility index (Phi) is 4.14. The number of methoxy groups -OCH3 is 1. The molecule has 26 heavy (non-hydrogen) atoms. The number of hydrogen-bond donors (Lipinski definition) is 0. The van der Waals surface area contributed by atoms with Crippen LogP contribution >= 0.6 is 11.6 Å². The van der Waals surface area contributed by atoms with Crippen LogP contribution in [0.2, 0.25) is 5.02 Å². The number of carbonyl (C=O) groups excluding carboxylic acids is 1. The number of rotatable bonds is 3. The molecule has 0 saturated heterocycles. The van der Waals surface area contributed by atoms with Crippen molar-refractivity contribution in [2.75, 3.05) is 7.11 Å². The average molecular weight is 364 g/mol. The van der Waals surface area contributed by atoms with Crippen LogP contribution in [0.4, 0.5) is 0 Å². The summed E-state index contributed by atoms with van der Waals surface area (Å²) >= 11 is 6.07. The van der Waals surface area contributed by atoms with Gasteiger partial charge in [-0.15, -0.1) is 5.10 Å². The maximum atomic E-state index is 12.3. The van der Waals surface area contributed by atoms with Gasteiger partial charge in [0.05, 0.1) is 7.11 Å². The van der Waals surface area contributed by atoms with Gasteiger partial charge in [0.1, 0.15) is 5.56 Å². The Morgan fingerprint density at radius 2 is 1.77 bits per heavy atom. The molecule has 128 valence electrons. The lowest BCUT2D eigenvalue weighted by Gasteiger charge is -2.06. The SMILES string of the molecule is COC(=O)c1cc(-c2ccccc2)cn2nc(-c3cccc(Cl)c3)nc12. The second-order valence-electron chi connectivity index (χ2n) is 5.71. The van der Waals surface area contributed by atoms with Crippen LogP contribution < -0.4 is 0 Å².